The number of nitrogens with zero attached hydrogens (tertiary/aromatic N) is 3. The topological polar surface area (TPSA) is 95.0 Å². The zero-order valence-corrected chi connectivity index (χ0v) is 16.5. The molecular weight excluding hydrogens is 372 g/mol. The van der Waals surface area contributed by atoms with Crippen LogP contribution in [0.5, 0.6) is 0 Å². The smallest absolute Gasteiger partial charge is 0.335 e. The molecule has 0 bridgehead atoms. The van der Waals surface area contributed by atoms with Gasteiger partial charge in [0.2, 0.25) is 5.91 Å². The first-order valence-corrected chi connectivity index (χ1v) is 9.71. The SMILES string of the molecule is C[C@@H]1C(=O)N(C)c2ccc(Nc3cccc(C(=O)O)c3)nc2N1C1CCOCC1. The Labute approximate surface area is 169 Å². The molecule has 0 radical (unpaired) electrons. The van der Waals surface area contributed by atoms with E-state index in [9.17, 15) is 14.7 Å². The number of fused-ring (bicyclic) bond motifs is 1. The third kappa shape index (κ3) is 3.63. The van der Waals surface area contributed by atoms with E-state index in [2.05, 4.69) is 10.2 Å². The Morgan fingerprint density at radius 1 is 1.24 bits per heavy atom. The van der Waals surface area contributed by atoms with Crippen LogP contribution in [0, 0.1) is 0 Å². The molecule has 3 heterocycles. The molecule has 4 rings (SSSR count). The molecule has 1 atom stereocenters. The van der Waals surface area contributed by atoms with Crippen LogP contribution in [0.4, 0.5) is 23.0 Å². The summed E-state index contributed by atoms with van der Waals surface area (Å²) in [6.07, 6.45) is 1.70. The van der Waals surface area contributed by atoms with Gasteiger partial charge in [-0.15, -0.1) is 0 Å². The fourth-order valence-corrected chi connectivity index (χ4v) is 3.99. The summed E-state index contributed by atoms with van der Waals surface area (Å²) >= 11 is 0. The largest absolute Gasteiger partial charge is 0.478 e. The zero-order chi connectivity index (χ0) is 20.5. The molecule has 29 heavy (non-hydrogen) atoms. The molecule has 1 amide bonds. The number of ether oxygens (including phenoxy) is 1. The van der Waals surface area contributed by atoms with Crippen LogP contribution in [0.1, 0.15) is 30.1 Å². The monoisotopic (exact) mass is 396 g/mol. The molecule has 152 valence electrons. The van der Waals surface area contributed by atoms with Crippen molar-refractivity contribution < 1.29 is 19.4 Å². The van der Waals surface area contributed by atoms with Gasteiger partial charge in [-0.05, 0) is 50.1 Å². The van der Waals surface area contributed by atoms with Crippen LogP contribution in [0.15, 0.2) is 36.4 Å². The van der Waals surface area contributed by atoms with Gasteiger partial charge in [0.1, 0.15) is 11.9 Å². The molecule has 1 aromatic heterocycles. The molecular formula is C21H24N4O4. The van der Waals surface area contributed by atoms with Crippen LogP contribution < -0.4 is 15.1 Å². The predicted octanol–water partition coefficient (Wildman–Crippen LogP) is 2.87. The van der Waals surface area contributed by atoms with Crippen molar-refractivity contribution in [2.24, 2.45) is 0 Å². The molecule has 1 saturated heterocycles. The lowest BCUT2D eigenvalue weighted by Crippen LogP contribution is -2.56. The molecule has 0 saturated carbocycles. The summed E-state index contributed by atoms with van der Waals surface area (Å²) in [6, 6.07) is 10.1. The summed E-state index contributed by atoms with van der Waals surface area (Å²) < 4.78 is 5.49. The maximum atomic E-state index is 12.8. The fourth-order valence-electron chi connectivity index (χ4n) is 3.99. The third-order valence-corrected chi connectivity index (χ3v) is 5.53. The molecule has 0 unspecified atom stereocenters. The van der Waals surface area contributed by atoms with E-state index in [1.54, 1.807) is 42.3 Å². The Kier molecular flexibility index (Phi) is 5.10. The van der Waals surface area contributed by atoms with E-state index in [4.69, 9.17) is 9.72 Å². The first kappa shape index (κ1) is 19.2. The van der Waals surface area contributed by atoms with E-state index >= 15 is 0 Å². The second kappa shape index (κ2) is 7.71. The number of aromatic nitrogens is 1. The molecule has 0 aliphatic carbocycles. The Morgan fingerprint density at radius 2 is 2.00 bits per heavy atom. The number of carboxylic acid groups (broad SMARTS) is 1. The van der Waals surface area contributed by atoms with E-state index in [0.29, 0.717) is 24.7 Å². The quantitative estimate of drug-likeness (QED) is 0.820. The highest BCUT2D eigenvalue weighted by molar-refractivity contribution is 6.04. The lowest BCUT2D eigenvalue weighted by atomic mass is 10.0. The van der Waals surface area contributed by atoms with Gasteiger partial charge < -0.3 is 25.0 Å². The van der Waals surface area contributed by atoms with E-state index < -0.39 is 5.97 Å². The van der Waals surface area contributed by atoms with Crippen molar-refractivity contribution in [3.63, 3.8) is 0 Å². The Morgan fingerprint density at radius 3 is 2.72 bits per heavy atom. The fraction of sp³-hybridized carbons (Fsp3) is 0.381. The minimum absolute atomic E-state index is 0.0423. The standard InChI is InChI=1S/C21H24N4O4/c1-13-20(26)24(2)17-6-7-18(22-15-5-3-4-14(12-15)21(27)28)23-19(17)25(13)16-8-10-29-11-9-16/h3-7,12-13,16H,8-11H2,1-2H3,(H,22,23)(H,27,28)/t13-/m1/s1. The maximum Gasteiger partial charge on any atom is 0.335 e. The van der Waals surface area contributed by atoms with Gasteiger partial charge in [-0.3, -0.25) is 4.79 Å². The number of nitrogens with one attached hydrogen (secondary N) is 1. The van der Waals surface area contributed by atoms with Crippen LogP contribution in [-0.4, -0.2) is 54.3 Å². The minimum atomic E-state index is -0.980. The minimum Gasteiger partial charge on any atom is -0.478 e. The summed E-state index contributed by atoms with van der Waals surface area (Å²) in [5, 5.41) is 12.4. The van der Waals surface area contributed by atoms with Crippen molar-refractivity contribution in [3.05, 3.63) is 42.0 Å². The molecule has 1 fully saturated rings. The van der Waals surface area contributed by atoms with E-state index in [1.807, 2.05) is 13.0 Å². The van der Waals surface area contributed by atoms with Crippen molar-refractivity contribution >= 4 is 34.9 Å². The highest BCUT2D eigenvalue weighted by Crippen LogP contribution is 2.38. The van der Waals surface area contributed by atoms with Gasteiger partial charge >= 0.3 is 5.97 Å². The lowest BCUT2D eigenvalue weighted by molar-refractivity contribution is -0.119. The zero-order valence-electron chi connectivity index (χ0n) is 16.5. The van der Waals surface area contributed by atoms with Crippen LogP contribution in [-0.2, 0) is 9.53 Å². The van der Waals surface area contributed by atoms with Gasteiger partial charge in [0.05, 0.1) is 11.3 Å². The van der Waals surface area contributed by atoms with Gasteiger partial charge in [0.15, 0.2) is 5.82 Å². The molecule has 1 aromatic carbocycles. The average molecular weight is 396 g/mol. The van der Waals surface area contributed by atoms with E-state index in [1.165, 1.54) is 0 Å². The first-order chi connectivity index (χ1) is 14.0. The van der Waals surface area contributed by atoms with Crippen LogP contribution in [0.2, 0.25) is 0 Å². The molecule has 8 nitrogen and oxygen atoms in total. The van der Waals surface area contributed by atoms with Crippen LogP contribution >= 0.6 is 0 Å². The first-order valence-electron chi connectivity index (χ1n) is 9.71. The number of benzene rings is 1. The summed E-state index contributed by atoms with van der Waals surface area (Å²) in [7, 11) is 1.77. The van der Waals surface area contributed by atoms with Gasteiger partial charge in [0.25, 0.3) is 0 Å². The van der Waals surface area contributed by atoms with Crippen molar-refractivity contribution in [1.82, 2.24) is 4.98 Å². The number of likely N-dealkylation sites (N-methyl/N-ethyl adjacent to an activating group) is 1. The molecule has 0 spiro atoms. The van der Waals surface area contributed by atoms with Gasteiger partial charge in [-0.25, -0.2) is 9.78 Å². The third-order valence-electron chi connectivity index (χ3n) is 5.53. The van der Waals surface area contributed by atoms with Crippen molar-refractivity contribution in [2.45, 2.75) is 31.8 Å². The van der Waals surface area contributed by atoms with Crippen LogP contribution in [0.3, 0.4) is 0 Å². The summed E-state index contributed by atoms with van der Waals surface area (Å²) in [5.74, 6) is 0.413. The highest BCUT2D eigenvalue weighted by Gasteiger charge is 2.39. The lowest BCUT2D eigenvalue weighted by Gasteiger charge is -2.44. The highest BCUT2D eigenvalue weighted by atomic mass is 16.5. The van der Waals surface area contributed by atoms with E-state index in [-0.39, 0.29) is 23.6 Å². The molecule has 8 heteroatoms. The summed E-state index contributed by atoms with van der Waals surface area (Å²) in [6.45, 7) is 3.26. The Balaban J connectivity index is 1.69. The number of hydrogen-bond donors (Lipinski definition) is 2. The van der Waals surface area contributed by atoms with Gasteiger partial charge in [0, 0.05) is 32.0 Å². The Hall–Kier alpha value is -3.13. The molecule has 2 aliphatic heterocycles. The van der Waals surface area contributed by atoms with Crippen molar-refractivity contribution in [2.75, 3.05) is 35.4 Å². The molecule has 2 aliphatic rings. The van der Waals surface area contributed by atoms with Gasteiger partial charge in [-0.2, -0.15) is 0 Å². The summed E-state index contributed by atoms with van der Waals surface area (Å²) in [4.78, 5) is 32.6. The summed E-state index contributed by atoms with van der Waals surface area (Å²) in [5.41, 5.74) is 1.61. The number of amides is 1. The second-order valence-electron chi connectivity index (χ2n) is 7.37. The second-order valence-corrected chi connectivity index (χ2v) is 7.37. The van der Waals surface area contributed by atoms with Crippen molar-refractivity contribution in [3.8, 4) is 0 Å². The number of hydrogen-bond acceptors (Lipinski definition) is 6. The molecule has 2 aromatic rings. The number of rotatable bonds is 4. The average Bonchev–Trinajstić information content (AvgIpc) is 2.73. The van der Waals surface area contributed by atoms with Gasteiger partial charge in [-0.1, -0.05) is 6.07 Å². The number of carboxylic acids is 1. The maximum absolute atomic E-state index is 12.8. The number of carbonyl (C=O) groups excluding carboxylic acids is 1. The van der Waals surface area contributed by atoms with Crippen molar-refractivity contribution in [1.29, 1.82) is 0 Å². The molecule has 2 N–H and O–H groups in total. The number of carbonyl (C=O) groups is 2. The van der Waals surface area contributed by atoms with E-state index in [0.717, 1.165) is 24.3 Å². The van der Waals surface area contributed by atoms with Crippen LogP contribution in [0.25, 0.3) is 0 Å². The number of aromatic carboxylic acids is 1. The number of anilines is 4. The number of pyridine rings is 1. The Bertz CT molecular complexity index is 942. The predicted molar refractivity (Wildman–Crippen MR) is 110 cm³/mol. The normalized spacial score (nSPS) is 19.8.